The molecule has 0 saturated heterocycles. The maximum atomic E-state index is 11.5. The van der Waals surface area contributed by atoms with E-state index in [0.717, 1.165) is 34.2 Å². The number of benzene rings is 4. The number of fused-ring (bicyclic) bond motifs is 2. The van der Waals surface area contributed by atoms with Gasteiger partial charge in [0.05, 0.1) is 8.15 Å². The van der Waals surface area contributed by atoms with Crippen molar-refractivity contribution in [2.45, 2.75) is 12.8 Å². The summed E-state index contributed by atoms with van der Waals surface area (Å²) in [4.78, 5) is 11.5. The molecule has 1 atom stereocenters. The van der Waals surface area contributed by atoms with Crippen LogP contribution in [-0.2, 0) is 6.42 Å². The van der Waals surface area contributed by atoms with Crippen molar-refractivity contribution in [3.63, 3.8) is 0 Å². The summed E-state index contributed by atoms with van der Waals surface area (Å²) in [5, 5.41) is 6.72. The molecule has 1 N–H and O–H groups in total. The number of hydrogen-bond acceptors (Lipinski definition) is 1. The molecular formula is C24H21OP. The third kappa shape index (κ3) is 3.05. The molecule has 4 aromatic carbocycles. The minimum absolute atomic E-state index is 0.897. The number of allylic oxidation sites excluding steroid dienone is 1. The molecule has 1 unspecified atom stereocenters. The van der Waals surface area contributed by atoms with Crippen LogP contribution in [0.15, 0.2) is 91.5 Å². The second-order valence-electron chi connectivity index (χ2n) is 6.43. The molecule has 0 aliphatic heterocycles. The molecule has 4 rings (SSSR count). The maximum absolute atomic E-state index is 11.5. The van der Waals surface area contributed by atoms with Crippen molar-refractivity contribution in [3.8, 4) is 0 Å². The fourth-order valence-corrected chi connectivity index (χ4v) is 5.31. The minimum atomic E-state index is -1.44. The summed E-state index contributed by atoms with van der Waals surface area (Å²) >= 11 is 0. The molecule has 0 bridgehead atoms. The highest BCUT2D eigenvalue weighted by molar-refractivity contribution is 7.68. The standard InChI is InChI=1S/C24H21OP/c1-2-3-9-20-17-16-19-11-5-7-14-22(19)24(20)26(25)23-15-8-12-18-10-4-6-13-21(18)23/h2,4-8,10-17,25H,1,3,9H2. The van der Waals surface area contributed by atoms with Crippen LogP contribution < -0.4 is 10.6 Å². The molecule has 0 heterocycles. The van der Waals surface area contributed by atoms with E-state index in [4.69, 9.17) is 0 Å². The van der Waals surface area contributed by atoms with Crippen LogP contribution in [0.1, 0.15) is 12.0 Å². The summed E-state index contributed by atoms with van der Waals surface area (Å²) < 4.78 is 0. The van der Waals surface area contributed by atoms with E-state index in [-0.39, 0.29) is 0 Å². The van der Waals surface area contributed by atoms with Crippen LogP contribution in [0, 0.1) is 0 Å². The Balaban J connectivity index is 1.95. The Hall–Kier alpha value is -2.47. The summed E-state index contributed by atoms with van der Waals surface area (Å²) in [7, 11) is -1.44. The van der Waals surface area contributed by atoms with Crippen LogP contribution in [0.25, 0.3) is 21.5 Å². The Labute approximate surface area is 155 Å². The Bertz CT molecular complexity index is 1080. The molecule has 26 heavy (non-hydrogen) atoms. The smallest absolute Gasteiger partial charge is 0.0892 e. The summed E-state index contributed by atoms with van der Waals surface area (Å²) in [5.41, 5.74) is 1.21. The van der Waals surface area contributed by atoms with Gasteiger partial charge in [-0.3, -0.25) is 0 Å². The van der Waals surface area contributed by atoms with Crippen molar-refractivity contribution in [3.05, 3.63) is 97.1 Å². The maximum Gasteiger partial charge on any atom is 0.0892 e. The first-order valence-electron chi connectivity index (χ1n) is 8.88. The monoisotopic (exact) mass is 356 g/mol. The van der Waals surface area contributed by atoms with Crippen LogP contribution in [-0.4, -0.2) is 4.89 Å². The Morgan fingerprint density at radius 3 is 2.19 bits per heavy atom. The zero-order valence-corrected chi connectivity index (χ0v) is 15.5. The highest BCUT2D eigenvalue weighted by Crippen LogP contribution is 2.36. The number of rotatable bonds is 5. The zero-order valence-electron chi connectivity index (χ0n) is 14.6. The van der Waals surface area contributed by atoms with E-state index in [1.54, 1.807) is 0 Å². The highest BCUT2D eigenvalue weighted by atomic mass is 31.1. The van der Waals surface area contributed by atoms with Crippen molar-refractivity contribution in [2.75, 3.05) is 0 Å². The lowest BCUT2D eigenvalue weighted by atomic mass is 10.0. The highest BCUT2D eigenvalue weighted by Gasteiger charge is 2.20. The van der Waals surface area contributed by atoms with Gasteiger partial charge in [-0.1, -0.05) is 84.9 Å². The number of hydrogen-bond donors (Lipinski definition) is 1. The van der Waals surface area contributed by atoms with Gasteiger partial charge in [-0.05, 0) is 39.9 Å². The zero-order chi connectivity index (χ0) is 17.9. The molecule has 0 spiro atoms. The Kier molecular flexibility index (Phi) is 4.84. The largest absolute Gasteiger partial charge is 0.364 e. The normalized spacial score (nSPS) is 12.3. The van der Waals surface area contributed by atoms with E-state index in [9.17, 15) is 4.89 Å². The van der Waals surface area contributed by atoms with E-state index in [2.05, 4.69) is 61.2 Å². The first-order chi connectivity index (χ1) is 12.8. The minimum Gasteiger partial charge on any atom is -0.364 e. The van der Waals surface area contributed by atoms with Gasteiger partial charge in [-0.2, -0.15) is 0 Å². The third-order valence-electron chi connectivity index (χ3n) is 4.81. The van der Waals surface area contributed by atoms with Gasteiger partial charge >= 0.3 is 0 Å². The number of aryl methyl sites for hydroxylation is 1. The molecule has 128 valence electrons. The predicted octanol–water partition coefficient (Wildman–Crippen LogP) is 5.45. The summed E-state index contributed by atoms with van der Waals surface area (Å²) in [6.07, 6.45) is 3.74. The molecule has 0 saturated carbocycles. The van der Waals surface area contributed by atoms with Crippen molar-refractivity contribution in [1.82, 2.24) is 0 Å². The van der Waals surface area contributed by atoms with Crippen LogP contribution in [0.4, 0.5) is 0 Å². The summed E-state index contributed by atoms with van der Waals surface area (Å²) in [6.45, 7) is 3.85. The SMILES string of the molecule is C=CCCc1ccc2ccccc2c1P(O)c1cccc2ccccc12. The van der Waals surface area contributed by atoms with Gasteiger partial charge in [0, 0.05) is 10.6 Å². The topological polar surface area (TPSA) is 20.2 Å². The van der Waals surface area contributed by atoms with E-state index < -0.39 is 8.15 Å². The van der Waals surface area contributed by atoms with Gasteiger partial charge in [0.2, 0.25) is 0 Å². The third-order valence-corrected chi connectivity index (χ3v) is 6.61. The quantitative estimate of drug-likeness (QED) is 0.372. The second kappa shape index (κ2) is 7.41. The van der Waals surface area contributed by atoms with Gasteiger partial charge in [0.15, 0.2) is 0 Å². The van der Waals surface area contributed by atoms with Gasteiger partial charge in [-0.15, -0.1) is 6.58 Å². The molecule has 2 heteroatoms. The average molecular weight is 356 g/mol. The lowest BCUT2D eigenvalue weighted by Gasteiger charge is -2.20. The molecule has 0 aliphatic carbocycles. The van der Waals surface area contributed by atoms with Gasteiger partial charge < -0.3 is 4.89 Å². The fourth-order valence-electron chi connectivity index (χ4n) is 3.52. The van der Waals surface area contributed by atoms with Gasteiger partial charge in [0.1, 0.15) is 0 Å². The average Bonchev–Trinajstić information content (AvgIpc) is 2.70. The molecular weight excluding hydrogens is 335 g/mol. The first-order valence-corrected chi connectivity index (χ1v) is 10.2. The Morgan fingerprint density at radius 2 is 1.42 bits per heavy atom. The van der Waals surface area contributed by atoms with Crippen molar-refractivity contribution in [1.29, 1.82) is 0 Å². The van der Waals surface area contributed by atoms with Crippen molar-refractivity contribution in [2.24, 2.45) is 0 Å². The predicted molar refractivity (Wildman–Crippen MR) is 115 cm³/mol. The lowest BCUT2D eigenvalue weighted by Crippen LogP contribution is -2.17. The van der Waals surface area contributed by atoms with E-state index in [0.29, 0.717) is 0 Å². The van der Waals surface area contributed by atoms with Crippen LogP contribution >= 0.6 is 8.15 Å². The Morgan fingerprint density at radius 1 is 0.769 bits per heavy atom. The van der Waals surface area contributed by atoms with Crippen LogP contribution in [0.5, 0.6) is 0 Å². The molecule has 4 aromatic rings. The second-order valence-corrected chi connectivity index (χ2v) is 7.98. The van der Waals surface area contributed by atoms with Crippen molar-refractivity contribution < 1.29 is 4.89 Å². The molecule has 0 fully saturated rings. The molecule has 0 aromatic heterocycles. The molecule has 0 radical (unpaired) electrons. The summed E-state index contributed by atoms with van der Waals surface area (Å²) in [5.74, 6) is 0. The van der Waals surface area contributed by atoms with Crippen LogP contribution in [0.2, 0.25) is 0 Å². The van der Waals surface area contributed by atoms with E-state index >= 15 is 0 Å². The van der Waals surface area contributed by atoms with Crippen molar-refractivity contribution >= 4 is 40.3 Å². The molecule has 1 nitrogen and oxygen atoms in total. The van der Waals surface area contributed by atoms with Gasteiger partial charge in [-0.25, -0.2) is 0 Å². The summed E-state index contributed by atoms with van der Waals surface area (Å²) in [6, 6.07) is 27.1. The first kappa shape index (κ1) is 17.0. The lowest BCUT2D eigenvalue weighted by molar-refractivity contribution is 0.645. The van der Waals surface area contributed by atoms with Crippen LogP contribution in [0.3, 0.4) is 0 Å². The van der Waals surface area contributed by atoms with E-state index in [1.807, 2.05) is 30.3 Å². The van der Waals surface area contributed by atoms with E-state index in [1.165, 1.54) is 16.3 Å². The van der Waals surface area contributed by atoms with Gasteiger partial charge in [0.25, 0.3) is 0 Å². The molecule has 0 aliphatic rings. The fraction of sp³-hybridized carbons (Fsp3) is 0.0833. The molecule has 0 amide bonds.